The molecule has 2 aliphatic carbocycles. The van der Waals surface area contributed by atoms with Crippen molar-refractivity contribution in [2.75, 3.05) is 4.90 Å². The minimum absolute atomic E-state index is 0.114. The molecule has 1 saturated carbocycles. The molecule has 0 radical (unpaired) electrons. The number of fused-ring (bicyclic) bond motifs is 5. The summed E-state index contributed by atoms with van der Waals surface area (Å²) in [5, 5.41) is -0.227. The number of aryl methyl sites for hydroxylation is 1. The Morgan fingerprint density at radius 2 is 1.44 bits per heavy atom. The summed E-state index contributed by atoms with van der Waals surface area (Å²) in [6.45, 7) is 1.74. The van der Waals surface area contributed by atoms with E-state index in [0.717, 1.165) is 4.90 Å². The minimum atomic E-state index is -1.93. The number of carbonyl (C=O) groups excluding carboxylic acids is 2. The van der Waals surface area contributed by atoms with Gasteiger partial charge in [0.05, 0.1) is 21.9 Å². The SMILES string of the molecule is Cc1cccc(N2C(=O)[C@@H]3[C@@H](C2=O)[C@@]2(Cl)C(Cl)=C(Cl)[C@@]3(Cl)C2(Cl)Cl)n1. The summed E-state index contributed by atoms with van der Waals surface area (Å²) in [7, 11) is 0. The molecule has 0 N–H and O–H groups in total. The van der Waals surface area contributed by atoms with E-state index in [-0.39, 0.29) is 15.9 Å². The fourth-order valence-corrected chi connectivity index (χ4v) is 6.80. The van der Waals surface area contributed by atoms with E-state index in [2.05, 4.69) is 4.98 Å². The van der Waals surface area contributed by atoms with E-state index in [1.807, 2.05) is 0 Å². The number of pyridine rings is 1. The highest BCUT2D eigenvalue weighted by atomic mass is 35.5. The van der Waals surface area contributed by atoms with Gasteiger partial charge in [0.2, 0.25) is 11.8 Å². The number of alkyl halides is 4. The van der Waals surface area contributed by atoms with Crippen LogP contribution in [-0.4, -0.2) is 30.9 Å². The number of aromatic nitrogens is 1. The predicted octanol–water partition coefficient (Wildman–Crippen LogP) is 4.34. The summed E-state index contributed by atoms with van der Waals surface area (Å²) in [5.74, 6) is -3.35. The lowest BCUT2D eigenvalue weighted by Gasteiger charge is -2.34. The molecule has 0 unspecified atom stereocenters. The van der Waals surface area contributed by atoms with Gasteiger partial charge in [-0.1, -0.05) is 52.5 Å². The predicted molar refractivity (Wildman–Crippen MR) is 98.8 cm³/mol. The molecule has 2 amide bonds. The Kier molecular flexibility index (Phi) is 3.76. The Bertz CT molecular complexity index is 841. The number of hydrogen-bond donors (Lipinski definition) is 0. The number of imide groups is 1. The first-order chi connectivity index (χ1) is 11.5. The highest BCUT2D eigenvalue weighted by Gasteiger charge is 2.87. The molecule has 1 aromatic rings. The van der Waals surface area contributed by atoms with E-state index < -0.39 is 37.7 Å². The van der Waals surface area contributed by atoms with Gasteiger partial charge in [-0.25, -0.2) is 9.88 Å². The normalized spacial score (nSPS) is 38.8. The number of allylic oxidation sites excluding steroid dienone is 2. The number of anilines is 1. The monoisotopic (exact) mass is 458 g/mol. The second-order valence-electron chi connectivity index (χ2n) is 6.23. The van der Waals surface area contributed by atoms with E-state index in [1.165, 1.54) is 0 Å². The Hall–Kier alpha value is -0.230. The van der Waals surface area contributed by atoms with Crippen LogP contribution in [0.3, 0.4) is 0 Å². The van der Waals surface area contributed by atoms with Crippen LogP contribution in [0.15, 0.2) is 28.3 Å². The number of carbonyl (C=O) groups is 2. The zero-order chi connectivity index (χ0) is 18.5. The van der Waals surface area contributed by atoms with Gasteiger partial charge in [-0.05, 0) is 19.1 Å². The molecule has 2 fully saturated rings. The Balaban J connectivity index is 1.92. The Morgan fingerprint density at radius 3 is 1.88 bits per heavy atom. The lowest BCUT2D eigenvalue weighted by molar-refractivity contribution is -0.123. The molecule has 2 heterocycles. The number of rotatable bonds is 1. The van der Waals surface area contributed by atoms with Crippen LogP contribution in [0.1, 0.15) is 5.69 Å². The van der Waals surface area contributed by atoms with Crippen LogP contribution in [-0.2, 0) is 9.59 Å². The lowest BCUT2D eigenvalue weighted by Crippen LogP contribution is -2.50. The van der Waals surface area contributed by atoms with E-state index in [9.17, 15) is 9.59 Å². The molecule has 3 aliphatic rings. The smallest absolute Gasteiger partial charge is 0.241 e. The van der Waals surface area contributed by atoms with E-state index in [0.29, 0.717) is 5.69 Å². The minimum Gasteiger partial charge on any atom is -0.274 e. The van der Waals surface area contributed by atoms with Crippen molar-refractivity contribution >= 4 is 87.2 Å². The standard InChI is InChI=1S/C15H8Cl6N2O2/c1-5-3-2-4-6(22-5)23-11(24)7-8(12(23)25)14(19)10(17)9(16)13(7,18)15(14,20)21/h2-4,7-8H,1H3/t7-,8-,13+,14+/m0/s1. The summed E-state index contributed by atoms with van der Waals surface area (Å²) >= 11 is 38.5. The highest BCUT2D eigenvalue weighted by molar-refractivity contribution is 6.67. The zero-order valence-electron chi connectivity index (χ0n) is 12.4. The van der Waals surface area contributed by atoms with Crippen LogP contribution in [0.4, 0.5) is 5.82 Å². The first kappa shape index (κ1) is 18.1. The van der Waals surface area contributed by atoms with Crippen molar-refractivity contribution in [3.63, 3.8) is 0 Å². The maximum atomic E-state index is 13.1. The van der Waals surface area contributed by atoms with Crippen molar-refractivity contribution in [1.29, 1.82) is 0 Å². The molecule has 2 bridgehead atoms. The van der Waals surface area contributed by atoms with Crippen LogP contribution in [0.25, 0.3) is 0 Å². The molecule has 4 rings (SSSR count). The maximum absolute atomic E-state index is 13.1. The largest absolute Gasteiger partial charge is 0.274 e. The molecule has 4 atom stereocenters. The first-order valence-electron chi connectivity index (χ1n) is 7.14. The van der Waals surface area contributed by atoms with E-state index >= 15 is 0 Å². The molecule has 25 heavy (non-hydrogen) atoms. The van der Waals surface area contributed by atoms with Gasteiger partial charge in [-0.15, -0.1) is 23.2 Å². The fourth-order valence-electron chi connectivity index (χ4n) is 3.87. The van der Waals surface area contributed by atoms with E-state index in [4.69, 9.17) is 69.6 Å². The van der Waals surface area contributed by atoms with Gasteiger partial charge in [0.25, 0.3) is 0 Å². The molecule has 1 aliphatic heterocycles. The van der Waals surface area contributed by atoms with Crippen molar-refractivity contribution in [3.8, 4) is 0 Å². The maximum Gasteiger partial charge on any atom is 0.241 e. The van der Waals surface area contributed by atoms with Gasteiger partial charge >= 0.3 is 0 Å². The van der Waals surface area contributed by atoms with Crippen LogP contribution >= 0.6 is 69.6 Å². The van der Waals surface area contributed by atoms with Gasteiger partial charge in [-0.3, -0.25) is 9.59 Å². The second kappa shape index (κ2) is 5.18. The van der Waals surface area contributed by atoms with Gasteiger partial charge < -0.3 is 0 Å². The summed E-state index contributed by atoms with van der Waals surface area (Å²) in [4.78, 5) is 27.7. The Labute approximate surface area is 172 Å². The molecule has 0 spiro atoms. The highest BCUT2D eigenvalue weighted by Crippen LogP contribution is 2.77. The third-order valence-corrected chi connectivity index (χ3v) is 9.27. The second-order valence-corrected chi connectivity index (χ2v) is 9.51. The zero-order valence-corrected chi connectivity index (χ0v) is 16.9. The van der Waals surface area contributed by atoms with Gasteiger partial charge in [0.15, 0.2) is 4.33 Å². The number of amides is 2. The van der Waals surface area contributed by atoms with Crippen LogP contribution < -0.4 is 4.90 Å². The van der Waals surface area contributed by atoms with Crippen molar-refractivity contribution in [2.24, 2.45) is 11.8 Å². The average molecular weight is 461 g/mol. The topological polar surface area (TPSA) is 50.3 Å². The number of halogens is 6. The lowest BCUT2D eigenvalue weighted by atomic mass is 9.84. The van der Waals surface area contributed by atoms with Crippen LogP contribution in [0.2, 0.25) is 0 Å². The van der Waals surface area contributed by atoms with Crippen molar-refractivity contribution in [1.82, 2.24) is 4.98 Å². The van der Waals surface area contributed by atoms with Gasteiger partial charge in [0, 0.05) is 5.69 Å². The van der Waals surface area contributed by atoms with Crippen LogP contribution in [0, 0.1) is 18.8 Å². The summed E-state index contributed by atoms with van der Waals surface area (Å²) in [6, 6.07) is 4.96. The quantitative estimate of drug-likeness (QED) is 0.462. The van der Waals surface area contributed by atoms with Crippen molar-refractivity contribution in [3.05, 3.63) is 34.0 Å². The number of hydrogen-bond acceptors (Lipinski definition) is 3. The molecule has 1 saturated heterocycles. The summed E-state index contributed by atoms with van der Waals surface area (Å²) in [5.41, 5.74) is 0.637. The number of nitrogens with zero attached hydrogens (tertiary/aromatic N) is 2. The average Bonchev–Trinajstić information content (AvgIpc) is 2.92. The molecule has 4 nitrogen and oxygen atoms in total. The van der Waals surface area contributed by atoms with Gasteiger partial charge in [-0.2, -0.15) is 0 Å². The van der Waals surface area contributed by atoms with Gasteiger partial charge in [0.1, 0.15) is 15.6 Å². The molecular formula is C15H8Cl6N2O2. The fraction of sp³-hybridized carbons (Fsp3) is 0.400. The summed E-state index contributed by atoms with van der Waals surface area (Å²) in [6.07, 6.45) is 0. The molecular weight excluding hydrogens is 453 g/mol. The molecule has 132 valence electrons. The first-order valence-corrected chi connectivity index (χ1v) is 9.41. The third kappa shape index (κ3) is 1.77. The molecule has 1 aromatic heterocycles. The molecule has 0 aromatic carbocycles. The van der Waals surface area contributed by atoms with E-state index in [1.54, 1.807) is 25.1 Å². The summed E-state index contributed by atoms with van der Waals surface area (Å²) < 4.78 is -1.93. The van der Waals surface area contributed by atoms with Crippen molar-refractivity contribution in [2.45, 2.75) is 21.0 Å². The Morgan fingerprint density at radius 1 is 0.960 bits per heavy atom. The third-order valence-electron chi connectivity index (χ3n) is 5.01. The molecule has 10 heteroatoms. The van der Waals surface area contributed by atoms with Crippen molar-refractivity contribution < 1.29 is 9.59 Å². The van der Waals surface area contributed by atoms with Crippen LogP contribution in [0.5, 0.6) is 0 Å².